The summed E-state index contributed by atoms with van der Waals surface area (Å²) in [7, 11) is 0. The maximum Gasteiger partial charge on any atom is 0.327 e. The van der Waals surface area contributed by atoms with Gasteiger partial charge in [-0.05, 0) is 24.6 Å². The third kappa shape index (κ3) is 3.23. The van der Waals surface area contributed by atoms with E-state index < -0.39 is 12.0 Å². The van der Waals surface area contributed by atoms with Crippen LogP contribution in [0.15, 0.2) is 24.3 Å². The summed E-state index contributed by atoms with van der Waals surface area (Å²) in [5, 5.41) is 14.8. The molecule has 102 valence electrons. The van der Waals surface area contributed by atoms with Gasteiger partial charge in [0.15, 0.2) is 0 Å². The molecule has 3 N–H and O–H groups in total. The van der Waals surface area contributed by atoms with Gasteiger partial charge in [-0.1, -0.05) is 12.1 Å². The van der Waals surface area contributed by atoms with Gasteiger partial charge in [0, 0.05) is 25.3 Å². The fourth-order valence-corrected chi connectivity index (χ4v) is 2.09. The van der Waals surface area contributed by atoms with E-state index in [2.05, 4.69) is 10.6 Å². The minimum Gasteiger partial charge on any atom is -0.480 e. The van der Waals surface area contributed by atoms with Crippen molar-refractivity contribution >= 4 is 17.7 Å². The molecule has 0 radical (unpaired) electrons. The molecule has 1 fully saturated rings. The Hall–Kier alpha value is -2.08. The molecule has 1 aliphatic rings. The summed E-state index contributed by atoms with van der Waals surface area (Å²) >= 11 is 0. The molecule has 6 nitrogen and oxygen atoms in total. The van der Waals surface area contributed by atoms with Crippen molar-refractivity contribution in [3.05, 3.63) is 29.8 Å². The number of aryl methyl sites for hydroxylation is 1. The molecule has 1 heterocycles. The molecule has 1 atom stereocenters. The number of amides is 2. The van der Waals surface area contributed by atoms with Gasteiger partial charge in [-0.15, -0.1) is 0 Å². The maximum atomic E-state index is 12.1. The lowest BCUT2D eigenvalue weighted by Crippen LogP contribution is -2.58. The van der Waals surface area contributed by atoms with Crippen molar-refractivity contribution in [2.24, 2.45) is 0 Å². The highest BCUT2D eigenvalue weighted by Crippen LogP contribution is 2.12. The predicted molar refractivity (Wildman–Crippen MR) is 71.2 cm³/mol. The van der Waals surface area contributed by atoms with Gasteiger partial charge in [0.25, 0.3) is 0 Å². The molecule has 0 spiro atoms. The molecule has 1 saturated heterocycles. The van der Waals surface area contributed by atoms with Crippen LogP contribution in [0.2, 0.25) is 0 Å². The first-order valence-electron chi connectivity index (χ1n) is 6.16. The van der Waals surface area contributed by atoms with E-state index in [1.807, 2.05) is 25.1 Å². The number of carboxylic acids is 1. The Labute approximate surface area is 111 Å². The lowest BCUT2D eigenvalue weighted by Gasteiger charge is -2.33. The number of hydrogen-bond acceptors (Lipinski definition) is 3. The standard InChI is InChI=1S/C13H17N3O3/c1-9-3-2-4-10(7-9)15-13(19)16-6-5-14-8-11(16)12(17)18/h2-4,7,11,14H,5-6,8H2,1H3,(H,15,19)(H,17,18). The monoisotopic (exact) mass is 263 g/mol. The summed E-state index contributed by atoms with van der Waals surface area (Å²) in [5.41, 5.74) is 1.71. The molecule has 0 bridgehead atoms. The molecule has 0 aliphatic carbocycles. The molecule has 0 aromatic heterocycles. The first kappa shape index (κ1) is 13.4. The average molecular weight is 263 g/mol. The number of carboxylic acid groups (broad SMARTS) is 1. The zero-order valence-corrected chi connectivity index (χ0v) is 10.7. The summed E-state index contributed by atoms with van der Waals surface area (Å²) in [6, 6.07) is 6.20. The molecule has 19 heavy (non-hydrogen) atoms. The van der Waals surface area contributed by atoms with Crippen LogP contribution in [-0.4, -0.2) is 47.7 Å². The summed E-state index contributed by atoms with van der Waals surface area (Å²) in [6.45, 7) is 3.19. The molecule has 0 saturated carbocycles. The van der Waals surface area contributed by atoms with Gasteiger partial charge < -0.3 is 20.6 Å². The Balaban J connectivity index is 2.07. The SMILES string of the molecule is Cc1cccc(NC(=O)N2CCNCC2C(=O)O)c1. The van der Waals surface area contributed by atoms with E-state index in [0.29, 0.717) is 18.8 Å². The second-order valence-electron chi connectivity index (χ2n) is 4.55. The van der Waals surface area contributed by atoms with E-state index in [0.717, 1.165) is 5.56 Å². The number of anilines is 1. The molecule has 1 unspecified atom stereocenters. The first-order chi connectivity index (χ1) is 9.08. The van der Waals surface area contributed by atoms with Crippen LogP contribution in [0.3, 0.4) is 0 Å². The van der Waals surface area contributed by atoms with Crippen molar-refractivity contribution in [2.45, 2.75) is 13.0 Å². The fourth-order valence-electron chi connectivity index (χ4n) is 2.09. The number of nitrogens with zero attached hydrogens (tertiary/aromatic N) is 1. The number of nitrogens with one attached hydrogen (secondary N) is 2. The predicted octanol–water partition coefficient (Wildman–Crippen LogP) is 0.885. The van der Waals surface area contributed by atoms with Crippen LogP contribution in [0, 0.1) is 6.92 Å². The van der Waals surface area contributed by atoms with Gasteiger partial charge in [-0.25, -0.2) is 9.59 Å². The van der Waals surface area contributed by atoms with Crippen molar-refractivity contribution < 1.29 is 14.7 Å². The van der Waals surface area contributed by atoms with Crippen LogP contribution < -0.4 is 10.6 Å². The highest BCUT2D eigenvalue weighted by Gasteiger charge is 2.31. The van der Waals surface area contributed by atoms with E-state index in [-0.39, 0.29) is 12.6 Å². The van der Waals surface area contributed by atoms with Crippen molar-refractivity contribution in [1.29, 1.82) is 0 Å². The third-order valence-electron chi connectivity index (χ3n) is 3.06. The minimum atomic E-state index is -0.994. The summed E-state index contributed by atoms with van der Waals surface area (Å²) in [6.07, 6.45) is 0. The van der Waals surface area contributed by atoms with Crippen molar-refractivity contribution in [2.75, 3.05) is 25.0 Å². The zero-order chi connectivity index (χ0) is 13.8. The van der Waals surface area contributed by atoms with Crippen molar-refractivity contribution in [3.8, 4) is 0 Å². The molecule has 1 aromatic carbocycles. The zero-order valence-electron chi connectivity index (χ0n) is 10.7. The Morgan fingerprint density at radius 1 is 1.47 bits per heavy atom. The van der Waals surface area contributed by atoms with Crippen molar-refractivity contribution in [3.63, 3.8) is 0 Å². The Kier molecular flexibility index (Phi) is 4.01. The maximum absolute atomic E-state index is 12.1. The lowest BCUT2D eigenvalue weighted by atomic mass is 10.2. The second kappa shape index (κ2) is 5.71. The second-order valence-corrected chi connectivity index (χ2v) is 4.55. The van der Waals surface area contributed by atoms with E-state index in [9.17, 15) is 9.59 Å². The largest absolute Gasteiger partial charge is 0.480 e. The quantitative estimate of drug-likeness (QED) is 0.740. The fraction of sp³-hybridized carbons (Fsp3) is 0.385. The number of carbonyl (C=O) groups is 2. The number of piperazine rings is 1. The first-order valence-corrected chi connectivity index (χ1v) is 6.16. The summed E-state index contributed by atoms with van der Waals surface area (Å²) in [5.74, 6) is -0.994. The third-order valence-corrected chi connectivity index (χ3v) is 3.06. The number of urea groups is 1. The van der Waals surface area contributed by atoms with E-state index in [1.54, 1.807) is 6.07 Å². The normalized spacial score (nSPS) is 19.0. The summed E-state index contributed by atoms with van der Waals surface area (Å²) < 4.78 is 0. The Bertz CT molecular complexity index is 490. The topological polar surface area (TPSA) is 81.7 Å². The van der Waals surface area contributed by atoms with E-state index >= 15 is 0 Å². The molecule has 2 amide bonds. The number of carbonyl (C=O) groups excluding carboxylic acids is 1. The van der Waals surface area contributed by atoms with Crippen LogP contribution in [0.4, 0.5) is 10.5 Å². The molecule has 6 heteroatoms. The molecular weight excluding hydrogens is 246 g/mol. The Morgan fingerprint density at radius 3 is 2.95 bits per heavy atom. The van der Waals surface area contributed by atoms with Gasteiger partial charge in [-0.2, -0.15) is 0 Å². The van der Waals surface area contributed by atoms with Gasteiger partial charge in [0.2, 0.25) is 0 Å². The van der Waals surface area contributed by atoms with Crippen LogP contribution in [0.1, 0.15) is 5.56 Å². The highest BCUT2D eigenvalue weighted by molar-refractivity contribution is 5.92. The smallest absolute Gasteiger partial charge is 0.327 e. The minimum absolute atomic E-state index is 0.274. The molecule has 1 aromatic rings. The molecule has 2 rings (SSSR count). The average Bonchev–Trinajstić information content (AvgIpc) is 2.38. The number of rotatable bonds is 2. The lowest BCUT2D eigenvalue weighted by molar-refractivity contribution is -0.142. The van der Waals surface area contributed by atoms with Gasteiger partial charge in [-0.3, -0.25) is 0 Å². The number of benzene rings is 1. The van der Waals surface area contributed by atoms with Gasteiger partial charge in [0.1, 0.15) is 6.04 Å². The number of aliphatic carboxylic acids is 1. The van der Waals surface area contributed by atoms with Gasteiger partial charge >= 0.3 is 12.0 Å². The van der Waals surface area contributed by atoms with Crippen LogP contribution in [0.25, 0.3) is 0 Å². The van der Waals surface area contributed by atoms with Crippen LogP contribution in [-0.2, 0) is 4.79 Å². The molecule has 1 aliphatic heterocycles. The Morgan fingerprint density at radius 2 is 2.26 bits per heavy atom. The van der Waals surface area contributed by atoms with Crippen molar-refractivity contribution in [1.82, 2.24) is 10.2 Å². The number of hydrogen-bond donors (Lipinski definition) is 3. The highest BCUT2D eigenvalue weighted by atomic mass is 16.4. The van der Waals surface area contributed by atoms with E-state index in [1.165, 1.54) is 4.90 Å². The van der Waals surface area contributed by atoms with Crippen LogP contribution in [0.5, 0.6) is 0 Å². The van der Waals surface area contributed by atoms with Gasteiger partial charge in [0.05, 0.1) is 0 Å². The van der Waals surface area contributed by atoms with Crippen LogP contribution >= 0.6 is 0 Å². The molecular formula is C13H17N3O3. The summed E-state index contributed by atoms with van der Waals surface area (Å²) in [4.78, 5) is 24.6. The van der Waals surface area contributed by atoms with E-state index in [4.69, 9.17) is 5.11 Å².